The number of rotatable bonds is 3. The largest absolute Gasteiger partial charge is 0.364 e. The van der Waals surface area contributed by atoms with E-state index in [9.17, 15) is 9.59 Å². The molecule has 2 amide bonds. The highest BCUT2D eigenvalue weighted by atomic mass is 16.2. The maximum atomic E-state index is 10.8. The highest BCUT2D eigenvalue weighted by Crippen LogP contribution is 1.97. The van der Waals surface area contributed by atoms with E-state index in [0.717, 1.165) is 11.0 Å². The van der Waals surface area contributed by atoms with Gasteiger partial charge in [-0.1, -0.05) is 13.2 Å². The Hall–Kier alpha value is -1.58. The minimum Gasteiger partial charge on any atom is -0.364 e. The predicted molar refractivity (Wildman–Crippen MR) is 41.3 cm³/mol. The molecule has 0 saturated heterocycles. The first-order valence-corrected chi connectivity index (χ1v) is 2.89. The van der Waals surface area contributed by atoms with E-state index in [4.69, 9.17) is 5.73 Å². The fourth-order valence-electron chi connectivity index (χ4n) is 0.435. The van der Waals surface area contributed by atoms with Crippen LogP contribution >= 0.6 is 0 Å². The Morgan fingerprint density at radius 3 is 2.27 bits per heavy atom. The summed E-state index contributed by atoms with van der Waals surface area (Å²) in [6.07, 6.45) is 1.08. The van der Waals surface area contributed by atoms with Crippen molar-refractivity contribution in [3.8, 4) is 0 Å². The first kappa shape index (κ1) is 9.42. The zero-order valence-corrected chi connectivity index (χ0v) is 6.33. The number of primary amides is 1. The second-order valence-corrected chi connectivity index (χ2v) is 1.91. The van der Waals surface area contributed by atoms with Crippen LogP contribution in [0.1, 0.15) is 0 Å². The molecular weight excluding hydrogens is 144 g/mol. The Morgan fingerprint density at radius 1 is 1.55 bits per heavy atom. The standard InChI is InChI=1S/C7H10N2O2/c1-4-6(10)9(3)5(2)7(8)11/h4H,1-2H2,3H3,(H2,8,11). The van der Waals surface area contributed by atoms with Gasteiger partial charge in [0.2, 0.25) is 5.91 Å². The number of hydrogen-bond donors (Lipinski definition) is 1. The van der Waals surface area contributed by atoms with Gasteiger partial charge in [-0.15, -0.1) is 0 Å². The molecule has 0 aliphatic carbocycles. The molecule has 0 aromatic carbocycles. The maximum absolute atomic E-state index is 10.8. The Balaban J connectivity index is 4.36. The second-order valence-electron chi connectivity index (χ2n) is 1.91. The van der Waals surface area contributed by atoms with Crippen LogP contribution in [-0.2, 0) is 9.59 Å². The van der Waals surface area contributed by atoms with E-state index in [1.165, 1.54) is 7.05 Å². The van der Waals surface area contributed by atoms with Crippen molar-refractivity contribution < 1.29 is 9.59 Å². The molecule has 4 heteroatoms. The summed E-state index contributed by atoms with van der Waals surface area (Å²) in [7, 11) is 1.40. The minimum absolute atomic E-state index is 0.0464. The van der Waals surface area contributed by atoms with Gasteiger partial charge in [0.05, 0.1) is 0 Å². The lowest BCUT2D eigenvalue weighted by atomic mass is 10.4. The van der Waals surface area contributed by atoms with Crippen LogP contribution < -0.4 is 5.73 Å². The molecule has 0 rings (SSSR count). The van der Waals surface area contributed by atoms with Crippen LogP contribution in [0.3, 0.4) is 0 Å². The van der Waals surface area contributed by atoms with Gasteiger partial charge in [-0.3, -0.25) is 9.59 Å². The van der Waals surface area contributed by atoms with Crippen molar-refractivity contribution in [2.45, 2.75) is 0 Å². The fourth-order valence-corrected chi connectivity index (χ4v) is 0.435. The molecule has 0 unspecified atom stereocenters. The zero-order chi connectivity index (χ0) is 9.02. The number of nitrogens with zero attached hydrogens (tertiary/aromatic N) is 1. The lowest BCUT2D eigenvalue weighted by Crippen LogP contribution is -2.31. The predicted octanol–water partition coefficient (Wildman–Crippen LogP) is -0.370. The van der Waals surface area contributed by atoms with Gasteiger partial charge in [-0.25, -0.2) is 0 Å². The topological polar surface area (TPSA) is 63.4 Å². The van der Waals surface area contributed by atoms with Gasteiger partial charge in [-0.05, 0) is 6.08 Å². The first-order valence-electron chi connectivity index (χ1n) is 2.89. The molecule has 0 aromatic heterocycles. The van der Waals surface area contributed by atoms with Crippen LogP contribution in [0.15, 0.2) is 24.9 Å². The smallest absolute Gasteiger partial charge is 0.264 e. The summed E-state index contributed by atoms with van der Waals surface area (Å²) in [5, 5.41) is 0. The van der Waals surface area contributed by atoms with E-state index in [1.807, 2.05) is 0 Å². The third kappa shape index (κ3) is 2.25. The molecule has 2 N–H and O–H groups in total. The van der Waals surface area contributed by atoms with Crippen molar-refractivity contribution in [2.75, 3.05) is 7.05 Å². The number of likely N-dealkylation sites (N-methyl/N-ethyl adjacent to an activating group) is 1. The zero-order valence-electron chi connectivity index (χ0n) is 6.33. The maximum Gasteiger partial charge on any atom is 0.264 e. The SMILES string of the molecule is C=CC(=O)N(C)C(=C)C(N)=O. The van der Waals surface area contributed by atoms with Gasteiger partial charge in [0, 0.05) is 7.05 Å². The molecule has 0 heterocycles. The van der Waals surface area contributed by atoms with Gasteiger partial charge in [-0.2, -0.15) is 0 Å². The van der Waals surface area contributed by atoms with Gasteiger partial charge >= 0.3 is 0 Å². The third-order valence-corrected chi connectivity index (χ3v) is 1.19. The van der Waals surface area contributed by atoms with E-state index in [0.29, 0.717) is 0 Å². The van der Waals surface area contributed by atoms with Crippen molar-refractivity contribution >= 4 is 11.8 Å². The number of carbonyl (C=O) groups is 2. The molecule has 11 heavy (non-hydrogen) atoms. The number of carbonyl (C=O) groups excluding carboxylic acids is 2. The van der Waals surface area contributed by atoms with Gasteiger partial charge in [0.15, 0.2) is 0 Å². The molecule has 0 aromatic rings. The average molecular weight is 154 g/mol. The van der Waals surface area contributed by atoms with E-state index in [1.54, 1.807) is 0 Å². The van der Waals surface area contributed by atoms with E-state index < -0.39 is 11.8 Å². The average Bonchev–Trinajstić information content (AvgIpc) is 2.00. The summed E-state index contributed by atoms with van der Waals surface area (Å²) in [5.41, 5.74) is 4.82. The van der Waals surface area contributed by atoms with Crippen molar-refractivity contribution in [3.05, 3.63) is 24.9 Å². The molecule has 0 spiro atoms. The highest BCUT2D eigenvalue weighted by molar-refractivity contribution is 5.98. The second kappa shape index (κ2) is 3.55. The molecule has 0 saturated carbocycles. The Kier molecular flexibility index (Phi) is 3.04. The molecule has 0 aliphatic heterocycles. The van der Waals surface area contributed by atoms with E-state index in [2.05, 4.69) is 13.2 Å². The molecule has 0 bridgehead atoms. The molecule has 0 radical (unpaired) electrons. The van der Waals surface area contributed by atoms with Crippen LogP contribution in [-0.4, -0.2) is 23.8 Å². The number of nitrogens with two attached hydrogens (primary N) is 1. The summed E-state index contributed by atoms with van der Waals surface area (Å²) >= 11 is 0. The van der Waals surface area contributed by atoms with Gasteiger partial charge < -0.3 is 10.6 Å². The lowest BCUT2D eigenvalue weighted by Gasteiger charge is -2.14. The van der Waals surface area contributed by atoms with Crippen LogP contribution in [0, 0.1) is 0 Å². The summed E-state index contributed by atoms with van der Waals surface area (Å²) in [6, 6.07) is 0. The first-order chi connectivity index (χ1) is 5.00. The lowest BCUT2D eigenvalue weighted by molar-refractivity contribution is -0.126. The molecule has 60 valence electrons. The summed E-state index contributed by atoms with van der Waals surface area (Å²) < 4.78 is 0. The van der Waals surface area contributed by atoms with Crippen molar-refractivity contribution in [1.82, 2.24) is 4.90 Å². The monoisotopic (exact) mass is 154 g/mol. The van der Waals surface area contributed by atoms with Crippen LogP contribution in [0.5, 0.6) is 0 Å². The summed E-state index contributed by atoms with van der Waals surface area (Å²) in [5.74, 6) is -1.13. The number of amides is 2. The highest BCUT2D eigenvalue weighted by Gasteiger charge is 2.11. The van der Waals surface area contributed by atoms with E-state index >= 15 is 0 Å². The molecular formula is C7H10N2O2. The third-order valence-electron chi connectivity index (χ3n) is 1.19. The van der Waals surface area contributed by atoms with Gasteiger partial charge in [0.1, 0.15) is 5.70 Å². The normalized spacial score (nSPS) is 8.45. The molecule has 0 atom stereocenters. The van der Waals surface area contributed by atoms with Crippen molar-refractivity contribution in [2.24, 2.45) is 5.73 Å². The summed E-state index contributed by atoms with van der Waals surface area (Å²) in [4.78, 5) is 22.3. The molecule has 0 fully saturated rings. The Morgan fingerprint density at radius 2 is 2.00 bits per heavy atom. The molecule has 0 aliphatic rings. The minimum atomic E-state index is -0.720. The fraction of sp³-hybridized carbons (Fsp3) is 0.143. The Bertz CT molecular complexity index is 220. The molecule has 4 nitrogen and oxygen atoms in total. The summed E-state index contributed by atoms with van der Waals surface area (Å²) in [6.45, 7) is 6.54. The van der Waals surface area contributed by atoms with Crippen molar-refractivity contribution in [3.63, 3.8) is 0 Å². The Labute approximate surface area is 65.0 Å². The van der Waals surface area contributed by atoms with Crippen molar-refractivity contribution in [1.29, 1.82) is 0 Å². The van der Waals surface area contributed by atoms with Crippen LogP contribution in [0.25, 0.3) is 0 Å². The van der Waals surface area contributed by atoms with E-state index in [-0.39, 0.29) is 5.70 Å². The number of hydrogen-bond acceptors (Lipinski definition) is 2. The van der Waals surface area contributed by atoms with Gasteiger partial charge in [0.25, 0.3) is 5.91 Å². The van der Waals surface area contributed by atoms with Crippen LogP contribution in [0.2, 0.25) is 0 Å². The quantitative estimate of drug-likeness (QED) is 0.564. The van der Waals surface area contributed by atoms with Crippen LogP contribution in [0.4, 0.5) is 0 Å².